The first-order chi connectivity index (χ1) is 7.29. The van der Waals surface area contributed by atoms with Crippen molar-refractivity contribution in [1.29, 1.82) is 0 Å². The molecule has 1 unspecified atom stereocenters. The molecule has 1 N–H and O–H groups in total. The summed E-state index contributed by atoms with van der Waals surface area (Å²) in [5.74, 6) is 0.456. The number of ether oxygens (including phenoxy) is 1. The minimum Gasteiger partial charge on any atom is -0.383 e. The molecule has 1 heterocycles. The molecule has 1 aliphatic rings. The molecule has 15 heavy (non-hydrogen) atoms. The van der Waals surface area contributed by atoms with Crippen molar-refractivity contribution in [3.05, 3.63) is 0 Å². The van der Waals surface area contributed by atoms with Gasteiger partial charge in [0.05, 0.1) is 12.5 Å². The Hall–Kier alpha value is -0.610. The van der Waals surface area contributed by atoms with Crippen LogP contribution in [0.25, 0.3) is 0 Å². The highest BCUT2D eigenvalue weighted by Crippen LogP contribution is 2.13. The molecule has 1 atom stereocenters. The molecular formula is C11H22N2O2. The van der Waals surface area contributed by atoms with Crippen LogP contribution in [-0.2, 0) is 9.53 Å². The normalized spacial score (nSPS) is 21.3. The summed E-state index contributed by atoms with van der Waals surface area (Å²) in [4.78, 5) is 14.0. The fourth-order valence-electron chi connectivity index (χ4n) is 1.95. The van der Waals surface area contributed by atoms with Crippen LogP contribution in [0.15, 0.2) is 0 Å². The molecule has 4 heteroatoms. The van der Waals surface area contributed by atoms with Gasteiger partial charge in [0.1, 0.15) is 0 Å². The summed E-state index contributed by atoms with van der Waals surface area (Å²) in [6.07, 6.45) is 2.13. The summed E-state index contributed by atoms with van der Waals surface area (Å²) >= 11 is 0. The summed E-state index contributed by atoms with van der Waals surface area (Å²) in [6.45, 7) is 6.01. The molecule has 1 fully saturated rings. The largest absolute Gasteiger partial charge is 0.383 e. The quantitative estimate of drug-likeness (QED) is 0.724. The Labute approximate surface area is 92.0 Å². The van der Waals surface area contributed by atoms with E-state index in [1.54, 1.807) is 7.11 Å². The summed E-state index contributed by atoms with van der Waals surface area (Å²) in [7, 11) is 1.67. The Kier molecular flexibility index (Phi) is 5.65. The molecule has 0 aromatic rings. The van der Waals surface area contributed by atoms with E-state index in [0.717, 1.165) is 32.5 Å². The Bertz CT molecular complexity index is 191. The first-order valence-corrected chi connectivity index (χ1v) is 5.78. The van der Waals surface area contributed by atoms with E-state index < -0.39 is 0 Å². The Morgan fingerprint density at radius 3 is 2.93 bits per heavy atom. The predicted molar refractivity (Wildman–Crippen MR) is 59.7 cm³/mol. The topological polar surface area (TPSA) is 41.6 Å². The number of methoxy groups -OCH3 is 1. The van der Waals surface area contributed by atoms with Gasteiger partial charge in [0, 0.05) is 26.7 Å². The highest BCUT2D eigenvalue weighted by Gasteiger charge is 2.24. The van der Waals surface area contributed by atoms with Gasteiger partial charge in [-0.15, -0.1) is 0 Å². The van der Waals surface area contributed by atoms with Crippen molar-refractivity contribution < 1.29 is 9.53 Å². The minimum absolute atomic E-state index is 0.176. The van der Waals surface area contributed by atoms with E-state index in [-0.39, 0.29) is 11.8 Å². The summed E-state index contributed by atoms with van der Waals surface area (Å²) in [6, 6.07) is 0. The smallest absolute Gasteiger partial charge is 0.227 e. The zero-order valence-electron chi connectivity index (χ0n) is 9.79. The number of hydrogen-bond acceptors (Lipinski definition) is 3. The molecule has 0 aromatic heterocycles. The van der Waals surface area contributed by atoms with E-state index in [0.29, 0.717) is 13.2 Å². The first-order valence-electron chi connectivity index (χ1n) is 5.78. The predicted octanol–water partition coefficient (Wildman–Crippen LogP) is 0.481. The van der Waals surface area contributed by atoms with Crippen LogP contribution in [0.5, 0.6) is 0 Å². The van der Waals surface area contributed by atoms with Crippen LogP contribution in [0.1, 0.15) is 19.8 Å². The highest BCUT2D eigenvalue weighted by molar-refractivity contribution is 5.79. The number of nitrogens with one attached hydrogen (secondary N) is 1. The lowest BCUT2D eigenvalue weighted by molar-refractivity contribution is -0.136. The average Bonchev–Trinajstić information content (AvgIpc) is 2.31. The van der Waals surface area contributed by atoms with Crippen LogP contribution < -0.4 is 5.32 Å². The Balaban J connectivity index is 2.40. The maximum Gasteiger partial charge on any atom is 0.227 e. The van der Waals surface area contributed by atoms with Crippen molar-refractivity contribution >= 4 is 5.91 Å². The van der Waals surface area contributed by atoms with Crippen molar-refractivity contribution in [2.45, 2.75) is 19.8 Å². The van der Waals surface area contributed by atoms with E-state index in [2.05, 4.69) is 5.32 Å². The van der Waals surface area contributed by atoms with Gasteiger partial charge in [-0.1, -0.05) is 0 Å². The van der Waals surface area contributed by atoms with Crippen LogP contribution in [0.2, 0.25) is 0 Å². The molecule has 0 saturated carbocycles. The molecule has 0 bridgehead atoms. The van der Waals surface area contributed by atoms with Gasteiger partial charge in [0.2, 0.25) is 5.91 Å². The summed E-state index contributed by atoms with van der Waals surface area (Å²) < 4.78 is 5.00. The van der Waals surface area contributed by atoms with Crippen LogP contribution in [-0.4, -0.2) is 50.7 Å². The lowest BCUT2D eigenvalue weighted by atomic mass is 9.98. The van der Waals surface area contributed by atoms with Crippen molar-refractivity contribution in [1.82, 2.24) is 10.2 Å². The van der Waals surface area contributed by atoms with E-state index in [1.807, 2.05) is 11.8 Å². The molecule has 0 aliphatic carbocycles. The molecule has 1 aliphatic heterocycles. The SMILES string of the molecule is CCN(CCOC)C(=O)C1CCCNC1. The number of piperidine rings is 1. The van der Waals surface area contributed by atoms with Gasteiger partial charge in [-0.2, -0.15) is 0 Å². The van der Waals surface area contributed by atoms with Crippen molar-refractivity contribution in [3.8, 4) is 0 Å². The van der Waals surface area contributed by atoms with Crippen molar-refractivity contribution in [2.75, 3.05) is 39.9 Å². The van der Waals surface area contributed by atoms with Gasteiger partial charge in [-0.05, 0) is 26.3 Å². The molecule has 0 spiro atoms. The lowest BCUT2D eigenvalue weighted by Crippen LogP contribution is -2.44. The van der Waals surface area contributed by atoms with Gasteiger partial charge < -0.3 is 15.0 Å². The molecule has 88 valence electrons. The van der Waals surface area contributed by atoms with Gasteiger partial charge in [0.15, 0.2) is 0 Å². The Morgan fingerprint density at radius 1 is 1.60 bits per heavy atom. The molecule has 0 aromatic carbocycles. The van der Waals surface area contributed by atoms with E-state index in [9.17, 15) is 4.79 Å². The van der Waals surface area contributed by atoms with Crippen LogP contribution in [0, 0.1) is 5.92 Å². The van der Waals surface area contributed by atoms with Crippen LogP contribution >= 0.6 is 0 Å². The average molecular weight is 214 g/mol. The number of rotatable bonds is 5. The number of likely N-dealkylation sites (N-methyl/N-ethyl adjacent to an activating group) is 1. The van der Waals surface area contributed by atoms with E-state index in [1.165, 1.54) is 0 Å². The fourth-order valence-corrected chi connectivity index (χ4v) is 1.95. The standard InChI is InChI=1S/C11H22N2O2/c1-3-13(7-8-15-2)11(14)10-5-4-6-12-9-10/h10,12H,3-9H2,1-2H3. The second-order valence-corrected chi connectivity index (χ2v) is 3.95. The second kappa shape index (κ2) is 6.80. The molecule has 1 saturated heterocycles. The maximum atomic E-state index is 12.1. The number of carbonyl (C=O) groups is 1. The lowest BCUT2D eigenvalue weighted by Gasteiger charge is -2.28. The number of carbonyl (C=O) groups excluding carboxylic acids is 1. The first kappa shape index (κ1) is 12.5. The van der Waals surface area contributed by atoms with E-state index >= 15 is 0 Å². The molecule has 1 amide bonds. The maximum absolute atomic E-state index is 12.1. The zero-order valence-corrected chi connectivity index (χ0v) is 9.79. The van der Waals surface area contributed by atoms with E-state index in [4.69, 9.17) is 4.74 Å². The van der Waals surface area contributed by atoms with Gasteiger partial charge in [-0.25, -0.2) is 0 Å². The van der Waals surface area contributed by atoms with Gasteiger partial charge >= 0.3 is 0 Å². The van der Waals surface area contributed by atoms with Crippen molar-refractivity contribution in [2.24, 2.45) is 5.92 Å². The third kappa shape index (κ3) is 3.80. The molecule has 1 rings (SSSR count). The molecular weight excluding hydrogens is 192 g/mol. The third-order valence-corrected chi connectivity index (χ3v) is 2.90. The molecule has 4 nitrogen and oxygen atoms in total. The second-order valence-electron chi connectivity index (χ2n) is 3.95. The number of hydrogen-bond donors (Lipinski definition) is 1. The van der Waals surface area contributed by atoms with Gasteiger partial charge in [0.25, 0.3) is 0 Å². The fraction of sp³-hybridized carbons (Fsp3) is 0.909. The minimum atomic E-state index is 0.176. The monoisotopic (exact) mass is 214 g/mol. The zero-order chi connectivity index (χ0) is 11.1. The summed E-state index contributed by atoms with van der Waals surface area (Å²) in [5.41, 5.74) is 0. The molecule has 0 radical (unpaired) electrons. The van der Waals surface area contributed by atoms with Crippen LogP contribution in [0.4, 0.5) is 0 Å². The number of amides is 1. The number of nitrogens with zero attached hydrogens (tertiary/aromatic N) is 1. The van der Waals surface area contributed by atoms with Crippen LogP contribution in [0.3, 0.4) is 0 Å². The summed E-state index contributed by atoms with van der Waals surface area (Å²) in [5, 5.41) is 3.27. The van der Waals surface area contributed by atoms with Gasteiger partial charge in [-0.3, -0.25) is 4.79 Å². The third-order valence-electron chi connectivity index (χ3n) is 2.90. The highest BCUT2D eigenvalue weighted by atomic mass is 16.5. The Morgan fingerprint density at radius 2 is 2.40 bits per heavy atom. The van der Waals surface area contributed by atoms with Crippen molar-refractivity contribution in [3.63, 3.8) is 0 Å².